The summed E-state index contributed by atoms with van der Waals surface area (Å²) in [6.07, 6.45) is 1.63. The van der Waals surface area contributed by atoms with Gasteiger partial charge in [-0.2, -0.15) is 4.98 Å². The number of halogens is 1. The second-order valence-corrected chi connectivity index (χ2v) is 4.32. The molecule has 0 saturated heterocycles. The lowest BCUT2D eigenvalue weighted by Gasteiger charge is -2.19. The van der Waals surface area contributed by atoms with Crippen molar-refractivity contribution in [3.05, 3.63) is 51.4 Å². The van der Waals surface area contributed by atoms with Crippen molar-refractivity contribution in [3.8, 4) is 0 Å². The smallest absolute Gasteiger partial charge is 0.269 e. The lowest BCUT2D eigenvalue weighted by molar-refractivity contribution is -0.384. The van der Waals surface area contributed by atoms with Crippen molar-refractivity contribution in [2.45, 2.75) is 20.8 Å². The monoisotopic (exact) mass is 308 g/mol. The molecule has 0 aliphatic heterocycles. The molecule has 0 atom stereocenters. The number of nitrogens with zero attached hydrogens (tertiary/aromatic N) is 4. The Bertz CT molecular complexity index is 617. The molecule has 2 aromatic rings. The molecule has 0 fully saturated rings. The van der Waals surface area contributed by atoms with Gasteiger partial charge in [-0.25, -0.2) is 4.98 Å². The number of aryl methyl sites for hydroxylation is 1. The maximum atomic E-state index is 10.6. The first-order valence-electron chi connectivity index (χ1n) is 6.46. The van der Waals surface area contributed by atoms with Crippen LogP contribution in [0, 0.1) is 17.0 Å². The van der Waals surface area contributed by atoms with E-state index < -0.39 is 4.92 Å². The summed E-state index contributed by atoms with van der Waals surface area (Å²) in [5.41, 5.74) is 1.70. The minimum atomic E-state index is -0.434. The van der Waals surface area contributed by atoms with Crippen molar-refractivity contribution in [1.82, 2.24) is 9.97 Å². The molecule has 0 radical (unpaired) electrons. The molecule has 0 saturated carbocycles. The summed E-state index contributed by atoms with van der Waals surface area (Å²) >= 11 is 5.78. The van der Waals surface area contributed by atoms with Crippen LogP contribution in [0.15, 0.2) is 30.5 Å². The summed E-state index contributed by atoms with van der Waals surface area (Å²) in [4.78, 5) is 20.0. The van der Waals surface area contributed by atoms with Gasteiger partial charge in [-0.05, 0) is 30.7 Å². The molecule has 7 heteroatoms. The molecule has 1 heterocycles. The lowest BCUT2D eigenvalue weighted by atomic mass is 10.2. The first-order chi connectivity index (χ1) is 9.99. The maximum absolute atomic E-state index is 10.6. The molecular weight excluding hydrogens is 292 g/mol. The van der Waals surface area contributed by atoms with E-state index in [0.717, 1.165) is 11.3 Å². The standard InChI is InChI=1S/C12H11ClN4O2.C2H6/c1-8-7-14-12(13)15-11(8)16(2)9-3-5-10(6-4-9)17(18)19;1-2/h3-7H,1-2H3;1-2H3. The first-order valence-corrected chi connectivity index (χ1v) is 6.84. The van der Waals surface area contributed by atoms with Gasteiger partial charge in [0, 0.05) is 36.6 Å². The minimum Gasteiger partial charge on any atom is -0.329 e. The van der Waals surface area contributed by atoms with Crippen molar-refractivity contribution in [2.24, 2.45) is 0 Å². The van der Waals surface area contributed by atoms with Gasteiger partial charge in [0.05, 0.1) is 4.92 Å². The topological polar surface area (TPSA) is 72.2 Å². The zero-order valence-corrected chi connectivity index (χ0v) is 13.1. The molecule has 6 nitrogen and oxygen atoms in total. The van der Waals surface area contributed by atoms with Crippen molar-refractivity contribution in [2.75, 3.05) is 11.9 Å². The van der Waals surface area contributed by atoms with Gasteiger partial charge >= 0.3 is 0 Å². The van der Waals surface area contributed by atoms with Crippen LogP contribution in [0.1, 0.15) is 19.4 Å². The Morgan fingerprint density at radius 1 is 1.24 bits per heavy atom. The lowest BCUT2D eigenvalue weighted by Crippen LogP contribution is -2.13. The average molecular weight is 309 g/mol. The summed E-state index contributed by atoms with van der Waals surface area (Å²) in [6.45, 7) is 5.87. The van der Waals surface area contributed by atoms with E-state index in [4.69, 9.17) is 11.6 Å². The molecule has 0 bridgehead atoms. The fraction of sp³-hybridized carbons (Fsp3) is 0.286. The fourth-order valence-corrected chi connectivity index (χ4v) is 1.80. The molecule has 112 valence electrons. The van der Waals surface area contributed by atoms with E-state index in [0.29, 0.717) is 5.82 Å². The minimum absolute atomic E-state index is 0.0505. The number of nitro groups is 1. The Morgan fingerprint density at radius 2 is 1.81 bits per heavy atom. The Balaban J connectivity index is 0.00000106. The van der Waals surface area contributed by atoms with Crippen LogP contribution in [0.5, 0.6) is 0 Å². The Morgan fingerprint density at radius 3 is 2.33 bits per heavy atom. The number of aromatic nitrogens is 2. The summed E-state index contributed by atoms with van der Waals surface area (Å²) in [5, 5.41) is 10.8. The Hall–Kier alpha value is -2.21. The van der Waals surface area contributed by atoms with Gasteiger partial charge in [-0.1, -0.05) is 13.8 Å². The number of nitro benzene ring substituents is 1. The predicted octanol–water partition coefficient (Wildman–Crippen LogP) is 4.14. The number of benzene rings is 1. The van der Waals surface area contributed by atoms with E-state index in [1.807, 2.05) is 27.8 Å². The summed E-state index contributed by atoms with van der Waals surface area (Å²) in [5.74, 6) is 0.661. The highest BCUT2D eigenvalue weighted by Crippen LogP contribution is 2.26. The van der Waals surface area contributed by atoms with Gasteiger partial charge in [0.15, 0.2) is 0 Å². The van der Waals surface area contributed by atoms with Crippen LogP contribution in [0.2, 0.25) is 5.28 Å². The van der Waals surface area contributed by atoms with E-state index in [9.17, 15) is 10.1 Å². The van der Waals surface area contributed by atoms with E-state index in [1.54, 1.807) is 23.2 Å². The number of hydrogen-bond donors (Lipinski definition) is 0. The highest BCUT2D eigenvalue weighted by Gasteiger charge is 2.11. The Kier molecular flexibility index (Phi) is 6.05. The van der Waals surface area contributed by atoms with Crippen LogP contribution < -0.4 is 4.90 Å². The van der Waals surface area contributed by atoms with Gasteiger partial charge in [0.25, 0.3) is 5.69 Å². The number of hydrogen-bond acceptors (Lipinski definition) is 5. The van der Waals surface area contributed by atoms with Crippen molar-refractivity contribution in [1.29, 1.82) is 0 Å². The molecule has 1 aromatic carbocycles. The van der Waals surface area contributed by atoms with E-state index >= 15 is 0 Å². The second kappa shape index (κ2) is 7.54. The van der Waals surface area contributed by atoms with Crippen molar-refractivity contribution in [3.63, 3.8) is 0 Å². The number of non-ortho nitro benzene ring substituents is 1. The SMILES string of the molecule is CC.Cc1cnc(Cl)nc1N(C)c1ccc([N+](=O)[O-])cc1. The van der Waals surface area contributed by atoms with Crippen LogP contribution in [-0.4, -0.2) is 21.9 Å². The Labute approximate surface area is 128 Å². The third-order valence-corrected chi connectivity index (χ3v) is 2.86. The third-order valence-electron chi connectivity index (χ3n) is 2.68. The molecule has 0 amide bonds. The van der Waals surface area contributed by atoms with Crippen LogP contribution in [0.3, 0.4) is 0 Å². The summed E-state index contributed by atoms with van der Waals surface area (Å²) in [7, 11) is 1.81. The first kappa shape index (κ1) is 16.8. The predicted molar refractivity (Wildman–Crippen MR) is 84.3 cm³/mol. The summed E-state index contributed by atoms with van der Waals surface area (Å²) < 4.78 is 0. The van der Waals surface area contributed by atoms with Crippen molar-refractivity contribution < 1.29 is 4.92 Å². The van der Waals surface area contributed by atoms with Crippen molar-refractivity contribution >= 4 is 28.8 Å². The largest absolute Gasteiger partial charge is 0.329 e. The molecule has 21 heavy (non-hydrogen) atoms. The molecule has 0 N–H and O–H groups in total. The van der Waals surface area contributed by atoms with Crippen LogP contribution in [-0.2, 0) is 0 Å². The molecular formula is C14H17ClN4O2. The molecule has 2 rings (SSSR count). The van der Waals surface area contributed by atoms with Crippen LogP contribution in [0.25, 0.3) is 0 Å². The fourth-order valence-electron chi connectivity index (χ4n) is 1.67. The molecule has 0 unspecified atom stereocenters. The van der Waals surface area contributed by atoms with Gasteiger partial charge in [0.2, 0.25) is 5.28 Å². The van der Waals surface area contributed by atoms with Crippen LogP contribution in [0.4, 0.5) is 17.2 Å². The highest BCUT2D eigenvalue weighted by molar-refractivity contribution is 6.28. The normalized spacial score (nSPS) is 9.57. The van der Waals surface area contributed by atoms with Gasteiger partial charge in [0.1, 0.15) is 5.82 Å². The zero-order chi connectivity index (χ0) is 16.0. The van der Waals surface area contributed by atoms with E-state index in [2.05, 4.69) is 9.97 Å². The second-order valence-electron chi connectivity index (χ2n) is 3.98. The molecule has 0 aliphatic rings. The average Bonchev–Trinajstić information content (AvgIpc) is 2.51. The quantitative estimate of drug-likeness (QED) is 0.484. The zero-order valence-electron chi connectivity index (χ0n) is 12.4. The highest BCUT2D eigenvalue weighted by atomic mass is 35.5. The van der Waals surface area contributed by atoms with Gasteiger partial charge in [-0.3, -0.25) is 10.1 Å². The third kappa shape index (κ3) is 4.13. The molecule has 1 aromatic heterocycles. The maximum Gasteiger partial charge on any atom is 0.269 e. The number of rotatable bonds is 3. The molecule has 0 spiro atoms. The van der Waals surface area contributed by atoms with Gasteiger partial charge in [-0.15, -0.1) is 0 Å². The summed E-state index contributed by atoms with van der Waals surface area (Å²) in [6, 6.07) is 6.22. The number of anilines is 2. The van der Waals surface area contributed by atoms with E-state index in [-0.39, 0.29) is 11.0 Å². The van der Waals surface area contributed by atoms with Gasteiger partial charge < -0.3 is 4.90 Å². The van der Waals surface area contributed by atoms with Crippen LogP contribution >= 0.6 is 11.6 Å². The van der Waals surface area contributed by atoms with E-state index in [1.165, 1.54) is 12.1 Å². The molecule has 0 aliphatic carbocycles.